The van der Waals surface area contributed by atoms with Crippen LogP contribution in [0.5, 0.6) is 0 Å². The molecule has 0 saturated carbocycles. The van der Waals surface area contributed by atoms with Crippen molar-refractivity contribution in [1.82, 2.24) is 5.32 Å². The molecule has 0 aromatic rings. The van der Waals surface area contributed by atoms with E-state index in [2.05, 4.69) is 10.3 Å². The number of carbonyl (C=O) groups excluding carboxylic acids is 2. The van der Waals surface area contributed by atoms with Crippen LogP contribution in [0.25, 0.3) is 0 Å². The summed E-state index contributed by atoms with van der Waals surface area (Å²) in [5, 5.41) is 21.0. The SMILES string of the molecule is CCCC(=O)O.CCCC(C)C1(CC)C(=O)N=C([O-])NC1=O.[Na+]. The van der Waals surface area contributed by atoms with Gasteiger partial charge in [-0.1, -0.05) is 34.1 Å². The second-order valence-electron chi connectivity index (χ2n) is 5.33. The molecule has 0 fully saturated rings. The standard InChI is InChI=1S/C11H18N2O3.C4H8O2.Na/c1-4-6-7(3)11(5-2)8(14)12-10(16)13-9(11)15;1-2-3-4(5)6;/h7H,4-6H2,1-3H3,(H2,12,13,14,15,16);2-3H2,1H3,(H,5,6);/q;;+1/p-1. The first kappa shape index (κ1) is 24.3. The van der Waals surface area contributed by atoms with Crippen molar-refractivity contribution in [2.45, 2.75) is 59.8 Å². The molecule has 2 unspecified atom stereocenters. The van der Waals surface area contributed by atoms with E-state index in [1.807, 2.05) is 20.8 Å². The monoisotopic (exact) mass is 336 g/mol. The smallest absolute Gasteiger partial charge is 0.846 e. The van der Waals surface area contributed by atoms with Crippen molar-refractivity contribution >= 4 is 23.8 Å². The topological polar surface area (TPSA) is 119 Å². The van der Waals surface area contributed by atoms with Crippen molar-refractivity contribution < 1.29 is 54.2 Å². The fourth-order valence-corrected chi connectivity index (χ4v) is 2.51. The number of rotatable bonds is 6. The summed E-state index contributed by atoms with van der Waals surface area (Å²) >= 11 is 0. The maximum absolute atomic E-state index is 11.9. The molecule has 2 amide bonds. The van der Waals surface area contributed by atoms with Crippen molar-refractivity contribution in [1.29, 1.82) is 0 Å². The van der Waals surface area contributed by atoms with Gasteiger partial charge < -0.3 is 15.5 Å². The molecule has 1 rings (SSSR count). The molecule has 1 aliphatic rings. The molecule has 7 nitrogen and oxygen atoms in total. The Labute approximate surface area is 159 Å². The van der Waals surface area contributed by atoms with Gasteiger partial charge in [-0.05, 0) is 25.2 Å². The molecular weight excluding hydrogens is 311 g/mol. The number of amidine groups is 1. The van der Waals surface area contributed by atoms with Crippen molar-refractivity contribution in [3.8, 4) is 0 Å². The van der Waals surface area contributed by atoms with Gasteiger partial charge in [0.1, 0.15) is 5.41 Å². The summed E-state index contributed by atoms with van der Waals surface area (Å²) in [6.45, 7) is 7.46. The van der Waals surface area contributed by atoms with Crippen LogP contribution in [0, 0.1) is 11.3 Å². The number of nitrogens with zero attached hydrogens (tertiary/aromatic N) is 1. The van der Waals surface area contributed by atoms with E-state index in [0.717, 1.165) is 19.3 Å². The van der Waals surface area contributed by atoms with Gasteiger partial charge in [-0.2, -0.15) is 0 Å². The van der Waals surface area contributed by atoms with Crippen molar-refractivity contribution in [3.05, 3.63) is 0 Å². The molecule has 8 heteroatoms. The first-order chi connectivity index (χ1) is 10.3. The molecule has 0 aromatic heterocycles. The second kappa shape index (κ2) is 11.6. The Morgan fingerprint density at radius 3 is 2.17 bits per heavy atom. The maximum atomic E-state index is 11.9. The normalized spacial score (nSPS) is 21.1. The summed E-state index contributed by atoms with van der Waals surface area (Å²) in [4.78, 5) is 36.7. The summed E-state index contributed by atoms with van der Waals surface area (Å²) in [6.07, 6.45) is 3.04. The van der Waals surface area contributed by atoms with E-state index < -0.39 is 29.2 Å². The largest absolute Gasteiger partial charge is 1.00 e. The number of nitrogens with one attached hydrogen (secondary N) is 1. The Morgan fingerprint density at radius 2 is 1.87 bits per heavy atom. The van der Waals surface area contributed by atoms with Crippen LogP contribution in [0.15, 0.2) is 4.99 Å². The predicted molar refractivity (Wildman–Crippen MR) is 79.9 cm³/mol. The zero-order chi connectivity index (χ0) is 17.3. The number of carboxylic acid groups (broad SMARTS) is 1. The van der Waals surface area contributed by atoms with Gasteiger partial charge in [0, 0.05) is 6.42 Å². The van der Waals surface area contributed by atoms with E-state index in [1.54, 1.807) is 6.92 Å². The van der Waals surface area contributed by atoms with Gasteiger partial charge in [0.25, 0.3) is 5.91 Å². The molecule has 2 atom stereocenters. The third kappa shape index (κ3) is 6.61. The van der Waals surface area contributed by atoms with Crippen molar-refractivity contribution in [2.24, 2.45) is 16.3 Å². The zero-order valence-electron chi connectivity index (χ0n) is 14.6. The van der Waals surface area contributed by atoms with Crippen LogP contribution in [0.1, 0.15) is 59.8 Å². The Bertz CT molecular complexity index is 453. The molecule has 1 heterocycles. The van der Waals surface area contributed by atoms with Gasteiger partial charge in [0.05, 0.1) is 6.02 Å². The van der Waals surface area contributed by atoms with Crippen LogP contribution in [-0.2, 0) is 14.4 Å². The Hall–Kier alpha value is -0.920. The fraction of sp³-hybridized carbons (Fsp3) is 0.733. The average Bonchev–Trinajstić information content (AvgIpc) is 2.39. The summed E-state index contributed by atoms with van der Waals surface area (Å²) < 4.78 is 0. The molecule has 0 spiro atoms. The van der Waals surface area contributed by atoms with Crippen LogP contribution in [-0.4, -0.2) is 28.9 Å². The summed E-state index contributed by atoms with van der Waals surface area (Å²) in [7, 11) is 0. The molecule has 0 saturated heterocycles. The van der Waals surface area contributed by atoms with E-state index in [4.69, 9.17) is 5.11 Å². The molecule has 0 radical (unpaired) electrons. The quantitative estimate of drug-likeness (QED) is 0.432. The van der Waals surface area contributed by atoms with E-state index in [9.17, 15) is 19.5 Å². The average molecular weight is 336 g/mol. The van der Waals surface area contributed by atoms with E-state index >= 15 is 0 Å². The third-order valence-corrected chi connectivity index (χ3v) is 3.79. The van der Waals surface area contributed by atoms with Gasteiger partial charge in [-0.25, -0.2) is 4.99 Å². The predicted octanol–water partition coefficient (Wildman–Crippen LogP) is -1.93. The third-order valence-electron chi connectivity index (χ3n) is 3.79. The van der Waals surface area contributed by atoms with Gasteiger partial charge in [0.2, 0.25) is 5.91 Å². The first-order valence-corrected chi connectivity index (χ1v) is 7.59. The Morgan fingerprint density at radius 1 is 1.30 bits per heavy atom. The molecule has 0 aliphatic carbocycles. The summed E-state index contributed by atoms with van der Waals surface area (Å²) in [5.41, 5.74) is -1.15. The fourth-order valence-electron chi connectivity index (χ4n) is 2.51. The van der Waals surface area contributed by atoms with Crippen molar-refractivity contribution in [2.75, 3.05) is 0 Å². The maximum Gasteiger partial charge on any atom is 1.00 e. The number of aliphatic imine (C=N–C) groups is 1. The molecule has 0 aromatic carbocycles. The second-order valence-corrected chi connectivity index (χ2v) is 5.33. The van der Waals surface area contributed by atoms with Crippen molar-refractivity contribution in [3.63, 3.8) is 0 Å². The molecule has 2 N–H and O–H groups in total. The summed E-state index contributed by atoms with van der Waals surface area (Å²) in [6, 6.07) is -0.845. The van der Waals surface area contributed by atoms with Crippen LogP contribution >= 0.6 is 0 Å². The Balaban J connectivity index is 0. The van der Waals surface area contributed by atoms with Crippen LogP contribution in [0.4, 0.5) is 0 Å². The van der Waals surface area contributed by atoms with E-state index in [0.29, 0.717) is 12.8 Å². The number of amides is 2. The van der Waals surface area contributed by atoms with Gasteiger partial charge >= 0.3 is 35.5 Å². The van der Waals surface area contributed by atoms with E-state index in [1.165, 1.54) is 0 Å². The number of carbonyl (C=O) groups is 3. The molecule has 1 aliphatic heterocycles. The number of aliphatic carboxylic acids is 1. The summed E-state index contributed by atoms with van der Waals surface area (Å²) in [5.74, 6) is -1.91. The minimum Gasteiger partial charge on any atom is -0.846 e. The van der Waals surface area contributed by atoms with Crippen LogP contribution in [0.2, 0.25) is 0 Å². The van der Waals surface area contributed by atoms with Gasteiger partial charge in [-0.3, -0.25) is 14.4 Å². The van der Waals surface area contributed by atoms with E-state index in [-0.39, 0.29) is 35.5 Å². The van der Waals surface area contributed by atoms with Crippen LogP contribution in [0.3, 0.4) is 0 Å². The number of carboxylic acids is 1. The zero-order valence-corrected chi connectivity index (χ0v) is 16.6. The Kier molecular flexibility index (Phi) is 12.3. The van der Waals surface area contributed by atoms with Crippen LogP contribution < -0.4 is 40.0 Å². The molecular formula is C15H25N2NaO5. The molecule has 0 bridgehead atoms. The first-order valence-electron chi connectivity index (χ1n) is 7.59. The minimum absolute atomic E-state index is 0. The minimum atomic E-state index is -1.15. The number of hydrogen-bond donors (Lipinski definition) is 2. The molecule has 23 heavy (non-hydrogen) atoms. The van der Waals surface area contributed by atoms with Gasteiger partial charge in [0.15, 0.2) is 0 Å². The number of hydrogen-bond acceptors (Lipinski definition) is 4. The molecule has 126 valence electrons. The van der Waals surface area contributed by atoms with Gasteiger partial charge in [-0.15, -0.1) is 0 Å².